The molecule has 5 nitrogen and oxygen atoms in total. The summed E-state index contributed by atoms with van der Waals surface area (Å²) < 4.78 is 0. The van der Waals surface area contributed by atoms with E-state index in [1.807, 2.05) is 37.3 Å². The lowest BCUT2D eigenvalue weighted by Crippen LogP contribution is -2.03. The van der Waals surface area contributed by atoms with Gasteiger partial charge in [-0.2, -0.15) is 0 Å². The van der Waals surface area contributed by atoms with Crippen LogP contribution in [0.2, 0.25) is 0 Å². The number of nitrogens with one attached hydrogen (secondary N) is 2. The molecule has 0 fully saturated rings. The first-order chi connectivity index (χ1) is 10.6. The van der Waals surface area contributed by atoms with Gasteiger partial charge in [0.2, 0.25) is 0 Å². The first-order valence-corrected chi connectivity index (χ1v) is 7.93. The van der Waals surface area contributed by atoms with Crippen molar-refractivity contribution in [2.45, 2.75) is 19.1 Å². The second-order valence-electron chi connectivity index (χ2n) is 5.17. The number of hydrogen-bond acceptors (Lipinski definition) is 6. The first kappa shape index (κ1) is 14.7. The molecule has 0 saturated heterocycles. The Bertz CT molecular complexity index is 741. The van der Waals surface area contributed by atoms with Crippen molar-refractivity contribution in [3.05, 3.63) is 47.8 Å². The molecule has 0 amide bonds. The van der Waals surface area contributed by atoms with Crippen LogP contribution in [0.4, 0.5) is 11.6 Å². The fourth-order valence-corrected chi connectivity index (χ4v) is 3.17. The molecule has 2 aromatic rings. The summed E-state index contributed by atoms with van der Waals surface area (Å²) in [5.41, 5.74) is 2.65. The number of pyridine rings is 2. The number of thioether (sulfide) groups is 1. The third-order valence-corrected chi connectivity index (χ3v) is 4.58. The van der Waals surface area contributed by atoms with Crippen LogP contribution in [0.15, 0.2) is 41.5 Å². The zero-order chi connectivity index (χ0) is 15.5. The molecule has 2 N–H and O–H groups in total. The zero-order valence-electron chi connectivity index (χ0n) is 12.5. The summed E-state index contributed by atoms with van der Waals surface area (Å²) in [5.74, 6) is 1.56. The number of rotatable bonds is 4. The number of aryl methyl sites for hydroxylation is 1. The minimum absolute atomic E-state index is 0.183. The van der Waals surface area contributed by atoms with Crippen LogP contribution in [0, 0.1) is 12.3 Å². The van der Waals surface area contributed by atoms with Crippen LogP contribution in [0.25, 0.3) is 0 Å². The summed E-state index contributed by atoms with van der Waals surface area (Å²) in [5, 5.41) is 11.9. The maximum Gasteiger partial charge on any atom is 0.131 e. The molecule has 6 heteroatoms. The van der Waals surface area contributed by atoms with Gasteiger partial charge in [-0.25, -0.2) is 9.97 Å². The number of aliphatic imine (C=N–C) groups is 1. The third kappa shape index (κ3) is 3.33. The van der Waals surface area contributed by atoms with Crippen LogP contribution in [-0.2, 0) is 0 Å². The maximum absolute atomic E-state index is 7.66. The summed E-state index contributed by atoms with van der Waals surface area (Å²) in [6.07, 6.45) is 1.78. The molecule has 0 spiro atoms. The lowest BCUT2D eigenvalue weighted by atomic mass is 10.2. The fraction of sp³-hybridized carbons (Fsp3) is 0.250. The van der Waals surface area contributed by atoms with Gasteiger partial charge in [0, 0.05) is 6.20 Å². The van der Waals surface area contributed by atoms with Gasteiger partial charge in [-0.1, -0.05) is 17.8 Å². The molecule has 2 aromatic heterocycles. The number of anilines is 2. The van der Waals surface area contributed by atoms with Gasteiger partial charge in [0.15, 0.2) is 0 Å². The summed E-state index contributed by atoms with van der Waals surface area (Å²) in [4.78, 5) is 13.3. The Kier molecular flexibility index (Phi) is 4.20. The molecule has 1 unspecified atom stereocenters. The molecule has 0 aliphatic carbocycles. The Morgan fingerprint density at radius 3 is 2.91 bits per heavy atom. The van der Waals surface area contributed by atoms with Crippen LogP contribution in [-0.4, -0.2) is 27.3 Å². The predicted octanol–water partition coefficient (Wildman–Crippen LogP) is 3.75. The van der Waals surface area contributed by atoms with Crippen molar-refractivity contribution in [2.24, 2.45) is 4.99 Å². The summed E-state index contributed by atoms with van der Waals surface area (Å²) >= 11 is 1.61. The standard InChI is InChI=1S/C16H17N5S/c1-10-6-7-18-15(8-10)21-14-5-3-4-12(20-14)13-9-19-16(22-13)11(2)17/h3-8,13,17H,9H2,1-2H3,(H,18,20,21). The fourth-order valence-electron chi connectivity index (χ4n) is 2.17. The van der Waals surface area contributed by atoms with Gasteiger partial charge in [-0.05, 0) is 43.7 Å². The SMILES string of the molecule is CC(=N)C1=NCC(c2cccc(Nc3cc(C)ccn3)n2)S1. The second-order valence-corrected chi connectivity index (χ2v) is 6.36. The van der Waals surface area contributed by atoms with Crippen LogP contribution >= 0.6 is 11.8 Å². The molecule has 1 aliphatic rings. The number of aromatic nitrogens is 2. The molecule has 1 aliphatic heterocycles. The van der Waals surface area contributed by atoms with E-state index in [0.717, 1.165) is 27.9 Å². The molecular weight excluding hydrogens is 294 g/mol. The van der Waals surface area contributed by atoms with Gasteiger partial charge in [-0.15, -0.1) is 0 Å². The second kappa shape index (κ2) is 6.27. The van der Waals surface area contributed by atoms with Crippen molar-refractivity contribution >= 4 is 34.2 Å². The van der Waals surface area contributed by atoms with Crippen LogP contribution in [0.3, 0.4) is 0 Å². The smallest absolute Gasteiger partial charge is 0.131 e. The Hall–Kier alpha value is -2.21. The van der Waals surface area contributed by atoms with Gasteiger partial charge in [-0.3, -0.25) is 4.99 Å². The Morgan fingerprint density at radius 2 is 2.18 bits per heavy atom. The molecule has 0 bridgehead atoms. The predicted molar refractivity (Wildman–Crippen MR) is 92.5 cm³/mol. The van der Waals surface area contributed by atoms with Gasteiger partial charge in [0.05, 0.1) is 23.2 Å². The Labute approximate surface area is 133 Å². The van der Waals surface area contributed by atoms with E-state index in [4.69, 9.17) is 5.41 Å². The van der Waals surface area contributed by atoms with Crippen LogP contribution in [0.5, 0.6) is 0 Å². The van der Waals surface area contributed by atoms with E-state index in [2.05, 4.69) is 20.3 Å². The molecule has 0 aromatic carbocycles. The summed E-state index contributed by atoms with van der Waals surface area (Å²) in [6.45, 7) is 4.48. The van der Waals surface area contributed by atoms with E-state index in [1.54, 1.807) is 24.9 Å². The topological polar surface area (TPSA) is 74.0 Å². The average molecular weight is 311 g/mol. The number of nitrogens with zero attached hydrogens (tertiary/aromatic N) is 3. The lowest BCUT2D eigenvalue weighted by Gasteiger charge is -2.10. The highest BCUT2D eigenvalue weighted by Crippen LogP contribution is 2.35. The van der Waals surface area contributed by atoms with E-state index >= 15 is 0 Å². The highest BCUT2D eigenvalue weighted by atomic mass is 32.2. The van der Waals surface area contributed by atoms with Crippen LogP contribution < -0.4 is 5.32 Å². The molecule has 3 rings (SSSR count). The molecule has 1 atom stereocenters. The molecule has 3 heterocycles. The van der Waals surface area contributed by atoms with Gasteiger partial charge < -0.3 is 10.7 Å². The van der Waals surface area contributed by atoms with Gasteiger partial charge in [0.1, 0.15) is 16.7 Å². The monoisotopic (exact) mass is 311 g/mol. The highest BCUT2D eigenvalue weighted by molar-refractivity contribution is 8.16. The van der Waals surface area contributed by atoms with Crippen molar-refractivity contribution in [2.75, 3.05) is 11.9 Å². The van der Waals surface area contributed by atoms with E-state index < -0.39 is 0 Å². The minimum Gasteiger partial charge on any atom is -0.325 e. The van der Waals surface area contributed by atoms with E-state index in [-0.39, 0.29) is 5.25 Å². The maximum atomic E-state index is 7.66. The number of hydrogen-bond donors (Lipinski definition) is 2. The normalized spacial score (nSPS) is 17.2. The first-order valence-electron chi connectivity index (χ1n) is 7.05. The van der Waals surface area contributed by atoms with Crippen molar-refractivity contribution in [3.8, 4) is 0 Å². The van der Waals surface area contributed by atoms with E-state index in [1.165, 1.54) is 0 Å². The van der Waals surface area contributed by atoms with E-state index in [0.29, 0.717) is 12.3 Å². The van der Waals surface area contributed by atoms with Crippen LogP contribution in [0.1, 0.15) is 23.4 Å². The average Bonchev–Trinajstić information content (AvgIpc) is 2.97. The molecule has 0 saturated carbocycles. The Balaban J connectivity index is 1.75. The molecule has 22 heavy (non-hydrogen) atoms. The van der Waals surface area contributed by atoms with E-state index in [9.17, 15) is 0 Å². The summed E-state index contributed by atoms with van der Waals surface area (Å²) in [6, 6.07) is 9.86. The summed E-state index contributed by atoms with van der Waals surface area (Å²) in [7, 11) is 0. The van der Waals surface area contributed by atoms with Crippen molar-refractivity contribution in [1.82, 2.24) is 9.97 Å². The van der Waals surface area contributed by atoms with Gasteiger partial charge >= 0.3 is 0 Å². The van der Waals surface area contributed by atoms with Gasteiger partial charge in [0.25, 0.3) is 0 Å². The minimum atomic E-state index is 0.183. The molecule has 0 radical (unpaired) electrons. The van der Waals surface area contributed by atoms with Crippen molar-refractivity contribution in [1.29, 1.82) is 5.41 Å². The quantitative estimate of drug-likeness (QED) is 0.843. The zero-order valence-corrected chi connectivity index (χ0v) is 13.3. The molecule has 112 valence electrons. The molecular formula is C16H17N5S. The van der Waals surface area contributed by atoms with Crippen molar-refractivity contribution in [3.63, 3.8) is 0 Å². The Morgan fingerprint density at radius 1 is 1.32 bits per heavy atom. The van der Waals surface area contributed by atoms with Crippen molar-refractivity contribution < 1.29 is 0 Å². The third-order valence-electron chi connectivity index (χ3n) is 3.25. The highest BCUT2D eigenvalue weighted by Gasteiger charge is 2.23. The largest absolute Gasteiger partial charge is 0.325 e. The lowest BCUT2D eigenvalue weighted by molar-refractivity contribution is 0.921.